The lowest BCUT2D eigenvalue weighted by molar-refractivity contribution is 0.503. The zero-order valence-corrected chi connectivity index (χ0v) is 8.53. The van der Waals surface area contributed by atoms with Gasteiger partial charge < -0.3 is 5.73 Å². The first kappa shape index (κ1) is 12.2. The molecule has 3 N–H and O–H groups in total. The van der Waals surface area contributed by atoms with E-state index in [4.69, 9.17) is 10.3 Å². The molecule has 0 aliphatic carbocycles. The predicted molar refractivity (Wildman–Crippen MR) is 51.5 cm³/mol. The Morgan fingerprint density at radius 3 is 2.25 bits per heavy atom. The summed E-state index contributed by atoms with van der Waals surface area (Å²) in [6.45, 7) is 0.686. The first-order valence-corrected chi connectivity index (χ1v) is 6.82. The molecule has 0 rings (SSSR count). The maximum Gasteiger partial charge on any atom is 0.319 e. The lowest BCUT2D eigenvalue weighted by atomic mass is 10.2. The van der Waals surface area contributed by atoms with Crippen molar-refractivity contribution in [3.05, 3.63) is 0 Å². The number of rotatable bonds is 7. The van der Waals surface area contributed by atoms with E-state index in [-0.39, 0.29) is 0 Å². The van der Waals surface area contributed by atoms with Gasteiger partial charge in [-0.25, -0.2) is 0 Å². The molecule has 0 saturated carbocycles. The molecule has 0 aromatic rings. The van der Waals surface area contributed by atoms with Gasteiger partial charge in [-0.3, -0.25) is 4.55 Å². The molecule has 0 unspecified atom stereocenters. The molecule has 0 aliphatic rings. The minimum Gasteiger partial charge on any atom is -0.330 e. The van der Waals surface area contributed by atoms with E-state index >= 15 is 0 Å². The zero-order chi connectivity index (χ0) is 9.45. The number of nitrogens with two attached hydrogens (primary N) is 1. The lowest BCUT2D eigenvalue weighted by Gasteiger charge is -1.97. The van der Waals surface area contributed by atoms with Gasteiger partial charge in [0, 0.05) is 5.75 Å². The molecule has 0 heterocycles. The Morgan fingerprint density at radius 2 is 1.75 bits per heavy atom. The average Bonchev–Trinajstić information content (AvgIpc) is 1.94. The van der Waals surface area contributed by atoms with Crippen LogP contribution < -0.4 is 5.73 Å². The van der Waals surface area contributed by atoms with Crippen LogP contribution in [0, 0.1) is 0 Å². The molecule has 0 bridgehead atoms. The minimum atomic E-state index is -3.82. The van der Waals surface area contributed by atoms with Gasteiger partial charge in [0.1, 0.15) is 0 Å². The second-order valence-electron chi connectivity index (χ2n) is 2.45. The fourth-order valence-corrected chi connectivity index (χ4v) is 2.28. The van der Waals surface area contributed by atoms with Crippen LogP contribution in [0.1, 0.15) is 25.7 Å². The molecular weight excluding hydrogens is 198 g/mol. The van der Waals surface area contributed by atoms with Gasteiger partial charge >= 0.3 is 9.15 Å². The van der Waals surface area contributed by atoms with Crippen LogP contribution in [0.15, 0.2) is 0 Å². The molecule has 0 saturated heterocycles. The van der Waals surface area contributed by atoms with E-state index < -0.39 is 9.15 Å². The largest absolute Gasteiger partial charge is 0.330 e. The van der Waals surface area contributed by atoms with Crippen molar-refractivity contribution in [2.45, 2.75) is 25.7 Å². The number of hydrogen-bond donors (Lipinski definition) is 2. The van der Waals surface area contributed by atoms with Crippen molar-refractivity contribution >= 4 is 19.9 Å². The third-order valence-electron chi connectivity index (χ3n) is 1.33. The van der Waals surface area contributed by atoms with Gasteiger partial charge in [0.05, 0.1) is 0 Å². The van der Waals surface area contributed by atoms with Gasteiger partial charge in [-0.2, -0.15) is 8.42 Å². The minimum absolute atomic E-state index is 0.462. The summed E-state index contributed by atoms with van der Waals surface area (Å²) in [4.78, 5) is 0. The first-order chi connectivity index (χ1) is 5.56. The smallest absolute Gasteiger partial charge is 0.319 e. The van der Waals surface area contributed by atoms with Crippen molar-refractivity contribution in [3.8, 4) is 0 Å². The van der Waals surface area contributed by atoms with Crippen LogP contribution in [-0.4, -0.2) is 25.3 Å². The molecule has 0 aromatic heterocycles. The highest BCUT2D eigenvalue weighted by atomic mass is 33.1. The van der Waals surface area contributed by atoms with Gasteiger partial charge in [0.25, 0.3) is 0 Å². The third kappa shape index (κ3) is 10.2. The molecule has 0 spiro atoms. The van der Waals surface area contributed by atoms with E-state index in [2.05, 4.69) is 0 Å². The predicted octanol–water partition coefficient (Wildman–Crippen LogP) is 1.04. The van der Waals surface area contributed by atoms with Crippen molar-refractivity contribution < 1.29 is 13.0 Å². The van der Waals surface area contributed by atoms with E-state index in [0.717, 1.165) is 25.7 Å². The first-order valence-electron chi connectivity index (χ1n) is 3.88. The maximum atomic E-state index is 10.2. The van der Waals surface area contributed by atoms with Crippen LogP contribution in [-0.2, 0) is 9.15 Å². The van der Waals surface area contributed by atoms with E-state index in [1.165, 1.54) is 0 Å². The Bertz CT molecular complexity index is 191. The fourth-order valence-electron chi connectivity index (χ4n) is 0.764. The summed E-state index contributed by atoms with van der Waals surface area (Å²) in [6.07, 6.45) is 3.79. The summed E-state index contributed by atoms with van der Waals surface area (Å²) in [5.41, 5.74) is 5.27. The Balaban J connectivity index is 3.12. The van der Waals surface area contributed by atoms with Crippen LogP contribution in [0.5, 0.6) is 0 Å². The lowest BCUT2D eigenvalue weighted by Crippen LogP contribution is -1.98. The maximum absolute atomic E-state index is 10.2. The summed E-state index contributed by atoms with van der Waals surface area (Å²) in [6, 6.07) is 0. The van der Waals surface area contributed by atoms with Crippen molar-refractivity contribution in [2.24, 2.45) is 5.73 Å². The van der Waals surface area contributed by atoms with Crippen LogP contribution in [0.4, 0.5) is 0 Å². The summed E-state index contributed by atoms with van der Waals surface area (Å²) in [7, 11) is -3.24. The topological polar surface area (TPSA) is 80.4 Å². The molecular formula is C6H15NO3S2. The summed E-state index contributed by atoms with van der Waals surface area (Å²) >= 11 is 0. The second-order valence-corrected chi connectivity index (χ2v) is 5.92. The zero-order valence-electron chi connectivity index (χ0n) is 6.90. The Morgan fingerprint density at radius 1 is 1.17 bits per heavy atom. The molecule has 4 nitrogen and oxygen atoms in total. The van der Waals surface area contributed by atoms with Gasteiger partial charge in [0.2, 0.25) is 0 Å². The van der Waals surface area contributed by atoms with Gasteiger partial charge in [0.15, 0.2) is 0 Å². The van der Waals surface area contributed by atoms with Crippen LogP contribution in [0.3, 0.4) is 0 Å². The Hall–Kier alpha value is 0.220. The molecule has 6 heteroatoms. The average molecular weight is 213 g/mol. The molecule has 0 atom stereocenters. The van der Waals surface area contributed by atoms with Crippen molar-refractivity contribution in [3.63, 3.8) is 0 Å². The van der Waals surface area contributed by atoms with Crippen LogP contribution >= 0.6 is 10.8 Å². The Labute approximate surface area is 77.1 Å². The molecule has 0 radical (unpaired) electrons. The molecule has 74 valence electrons. The van der Waals surface area contributed by atoms with Gasteiger partial charge in [-0.1, -0.05) is 12.8 Å². The molecule has 12 heavy (non-hydrogen) atoms. The van der Waals surface area contributed by atoms with Crippen LogP contribution in [0.25, 0.3) is 0 Å². The van der Waals surface area contributed by atoms with E-state index in [1.54, 1.807) is 0 Å². The fraction of sp³-hybridized carbons (Fsp3) is 1.00. The molecule has 0 aromatic carbocycles. The van der Waals surface area contributed by atoms with Gasteiger partial charge in [-0.15, -0.1) is 0 Å². The van der Waals surface area contributed by atoms with Crippen LogP contribution in [0.2, 0.25) is 0 Å². The van der Waals surface area contributed by atoms with Crippen molar-refractivity contribution in [1.82, 2.24) is 0 Å². The molecule has 0 fully saturated rings. The van der Waals surface area contributed by atoms with E-state index in [9.17, 15) is 8.42 Å². The number of unbranched alkanes of at least 4 members (excludes halogenated alkanes) is 3. The van der Waals surface area contributed by atoms with Gasteiger partial charge in [-0.05, 0) is 30.2 Å². The quantitative estimate of drug-likeness (QED) is 0.375. The standard InChI is InChI=1S/C6H15NO3S2/c7-5-3-1-2-4-6-11-12(8,9)10/h1-7H2,(H,8,9,10). The normalized spacial score (nSPS) is 11.8. The summed E-state index contributed by atoms with van der Waals surface area (Å²) in [5.74, 6) is 0.462. The Kier molecular flexibility index (Phi) is 6.83. The highest BCUT2D eigenvalue weighted by molar-refractivity contribution is 8.69. The monoisotopic (exact) mass is 213 g/mol. The SMILES string of the molecule is NCCCCCCSS(=O)(=O)O. The van der Waals surface area contributed by atoms with Crippen molar-refractivity contribution in [1.29, 1.82) is 0 Å². The third-order valence-corrected chi connectivity index (χ3v) is 3.48. The second kappa shape index (κ2) is 6.71. The molecule has 0 aliphatic heterocycles. The molecule has 0 amide bonds. The van der Waals surface area contributed by atoms with E-state index in [1.807, 2.05) is 0 Å². The van der Waals surface area contributed by atoms with Crippen molar-refractivity contribution in [2.75, 3.05) is 12.3 Å². The highest BCUT2D eigenvalue weighted by Gasteiger charge is 2.03. The number of hydrogen-bond acceptors (Lipinski definition) is 4. The summed E-state index contributed by atoms with van der Waals surface area (Å²) < 4.78 is 28.8. The summed E-state index contributed by atoms with van der Waals surface area (Å²) in [5, 5.41) is 0. The highest BCUT2D eigenvalue weighted by Crippen LogP contribution is 2.12. The van der Waals surface area contributed by atoms with E-state index in [0.29, 0.717) is 23.1 Å².